The highest BCUT2D eigenvalue weighted by atomic mass is 16.3. The second-order valence-corrected chi connectivity index (χ2v) is 9.02. The number of aromatic amines is 2. The zero-order chi connectivity index (χ0) is 26.2. The van der Waals surface area contributed by atoms with Gasteiger partial charge in [0.05, 0.1) is 41.7 Å². The number of pyridine rings is 3. The van der Waals surface area contributed by atoms with E-state index >= 15 is 0 Å². The second kappa shape index (κ2) is 9.34. The van der Waals surface area contributed by atoms with Crippen LogP contribution < -0.4 is 5.32 Å². The summed E-state index contributed by atoms with van der Waals surface area (Å²) >= 11 is 0. The quantitative estimate of drug-likeness (QED) is 0.271. The normalized spacial score (nSPS) is 11.3. The van der Waals surface area contributed by atoms with Gasteiger partial charge in [-0.3, -0.25) is 19.9 Å². The first kappa shape index (κ1) is 22.5. The van der Waals surface area contributed by atoms with Crippen molar-refractivity contribution in [1.29, 1.82) is 0 Å². The van der Waals surface area contributed by atoms with Crippen LogP contribution in [-0.4, -0.2) is 41.0 Å². The molecule has 188 valence electrons. The van der Waals surface area contributed by atoms with Gasteiger partial charge in [0, 0.05) is 35.3 Å². The van der Waals surface area contributed by atoms with Gasteiger partial charge in [-0.2, -0.15) is 5.10 Å². The molecule has 0 spiro atoms. The maximum atomic E-state index is 12.6. The van der Waals surface area contributed by atoms with Gasteiger partial charge in [-0.15, -0.1) is 0 Å². The smallest absolute Gasteiger partial charge is 0.228 e. The van der Waals surface area contributed by atoms with Crippen LogP contribution in [0.5, 0.6) is 0 Å². The van der Waals surface area contributed by atoms with E-state index in [1.54, 1.807) is 37.3 Å². The summed E-state index contributed by atoms with van der Waals surface area (Å²) in [5.41, 5.74) is 7.57. The molecule has 1 aromatic carbocycles. The standard InChI is InChI=1S/C29H20N8O2/c38-24(10-17-4-2-1-3-5-17)33-21-11-19(13-30-15-21)20-12-22-26(36-37-28(22)32-14-20)29-34-23-6-8-31-25(27(23)35-29)18-7-9-39-16-18/h1-9,11-16H,10H2,(H,33,38)(H,34,35)(H,32,36,37). The van der Waals surface area contributed by atoms with Gasteiger partial charge >= 0.3 is 0 Å². The van der Waals surface area contributed by atoms with E-state index in [9.17, 15) is 4.79 Å². The van der Waals surface area contributed by atoms with E-state index in [0.717, 1.165) is 44.4 Å². The molecule has 6 aromatic heterocycles. The summed E-state index contributed by atoms with van der Waals surface area (Å²) in [7, 11) is 0. The Hall–Kier alpha value is -5.64. The predicted octanol–water partition coefficient (Wildman–Crippen LogP) is 5.40. The summed E-state index contributed by atoms with van der Waals surface area (Å²) in [6.07, 6.45) is 10.4. The predicted molar refractivity (Wildman–Crippen MR) is 146 cm³/mol. The fourth-order valence-electron chi connectivity index (χ4n) is 4.55. The fraction of sp³-hybridized carbons (Fsp3) is 0.0345. The number of fused-ring (bicyclic) bond motifs is 2. The molecule has 0 aliphatic rings. The third-order valence-electron chi connectivity index (χ3n) is 6.40. The maximum Gasteiger partial charge on any atom is 0.228 e. The Labute approximate surface area is 221 Å². The lowest BCUT2D eigenvalue weighted by atomic mass is 10.1. The van der Waals surface area contributed by atoms with E-state index < -0.39 is 0 Å². The summed E-state index contributed by atoms with van der Waals surface area (Å²) < 4.78 is 5.23. The third kappa shape index (κ3) is 4.29. The SMILES string of the molecule is O=C(Cc1ccccc1)Nc1cncc(-c2cnc3[nH]nc(-c4nc5c(-c6ccoc6)nccc5[nH]4)c3c2)c1. The van der Waals surface area contributed by atoms with Crippen molar-refractivity contribution in [2.75, 3.05) is 5.32 Å². The minimum atomic E-state index is -0.111. The number of benzene rings is 1. The molecule has 10 nitrogen and oxygen atoms in total. The van der Waals surface area contributed by atoms with Crippen LogP contribution in [0, 0.1) is 0 Å². The summed E-state index contributed by atoms with van der Waals surface area (Å²) in [5.74, 6) is 0.480. The molecule has 0 aliphatic heterocycles. The second-order valence-electron chi connectivity index (χ2n) is 9.02. The van der Waals surface area contributed by atoms with Gasteiger partial charge in [0.25, 0.3) is 0 Å². The maximum absolute atomic E-state index is 12.6. The lowest BCUT2D eigenvalue weighted by molar-refractivity contribution is -0.115. The van der Waals surface area contributed by atoms with E-state index in [0.29, 0.717) is 22.9 Å². The molecule has 3 N–H and O–H groups in total. The number of imidazole rings is 1. The Morgan fingerprint density at radius 3 is 2.69 bits per heavy atom. The Morgan fingerprint density at radius 1 is 0.923 bits per heavy atom. The number of nitrogens with zero attached hydrogens (tertiary/aromatic N) is 5. The number of rotatable bonds is 6. The Kier molecular flexibility index (Phi) is 5.40. The number of furan rings is 1. The van der Waals surface area contributed by atoms with Crippen molar-refractivity contribution in [3.63, 3.8) is 0 Å². The molecule has 7 aromatic rings. The number of carbonyl (C=O) groups is 1. The van der Waals surface area contributed by atoms with Gasteiger partial charge < -0.3 is 14.7 Å². The number of aromatic nitrogens is 7. The van der Waals surface area contributed by atoms with Crippen molar-refractivity contribution in [2.24, 2.45) is 0 Å². The summed E-state index contributed by atoms with van der Waals surface area (Å²) in [6.45, 7) is 0. The summed E-state index contributed by atoms with van der Waals surface area (Å²) in [5, 5.41) is 11.2. The number of hydrogen-bond acceptors (Lipinski definition) is 7. The van der Waals surface area contributed by atoms with Crippen LogP contribution in [0.4, 0.5) is 5.69 Å². The molecule has 6 heterocycles. The van der Waals surface area contributed by atoms with Crippen LogP contribution in [0.3, 0.4) is 0 Å². The van der Waals surface area contributed by atoms with Gasteiger partial charge in [0.2, 0.25) is 5.91 Å². The highest BCUT2D eigenvalue weighted by Crippen LogP contribution is 2.32. The minimum Gasteiger partial charge on any atom is -0.472 e. The van der Waals surface area contributed by atoms with Gasteiger partial charge in [0.1, 0.15) is 16.9 Å². The van der Waals surface area contributed by atoms with E-state index in [1.165, 1.54) is 0 Å². The van der Waals surface area contributed by atoms with Crippen LogP contribution in [0.25, 0.3) is 56.0 Å². The Morgan fingerprint density at radius 2 is 1.82 bits per heavy atom. The molecule has 10 heteroatoms. The number of H-pyrrole nitrogens is 2. The van der Waals surface area contributed by atoms with Crippen molar-refractivity contribution in [1.82, 2.24) is 35.1 Å². The first-order chi connectivity index (χ1) is 19.2. The van der Waals surface area contributed by atoms with Crippen LogP contribution in [-0.2, 0) is 11.2 Å². The number of anilines is 1. The highest BCUT2D eigenvalue weighted by Gasteiger charge is 2.17. The molecule has 0 unspecified atom stereocenters. The lowest BCUT2D eigenvalue weighted by Crippen LogP contribution is -2.14. The number of nitrogens with one attached hydrogen (secondary N) is 3. The molecule has 0 atom stereocenters. The molecule has 0 aliphatic carbocycles. The van der Waals surface area contributed by atoms with Crippen molar-refractivity contribution < 1.29 is 9.21 Å². The molecule has 0 radical (unpaired) electrons. The van der Waals surface area contributed by atoms with E-state index in [4.69, 9.17) is 9.40 Å². The van der Waals surface area contributed by atoms with Crippen molar-refractivity contribution in [2.45, 2.75) is 6.42 Å². The van der Waals surface area contributed by atoms with Gasteiger partial charge in [0.15, 0.2) is 11.5 Å². The van der Waals surface area contributed by atoms with Gasteiger partial charge in [-0.05, 0) is 29.8 Å². The Bertz CT molecular complexity index is 1940. The van der Waals surface area contributed by atoms with E-state index in [-0.39, 0.29) is 12.3 Å². The topological polar surface area (TPSA) is 138 Å². The third-order valence-corrected chi connectivity index (χ3v) is 6.40. The molecule has 1 amide bonds. The lowest BCUT2D eigenvalue weighted by Gasteiger charge is -2.07. The molecule has 0 saturated carbocycles. The molecule has 0 saturated heterocycles. The zero-order valence-electron chi connectivity index (χ0n) is 20.4. The van der Waals surface area contributed by atoms with E-state index in [2.05, 4.69) is 35.5 Å². The first-order valence-electron chi connectivity index (χ1n) is 12.2. The average Bonchev–Trinajstić information content (AvgIpc) is 3.73. The minimum absolute atomic E-state index is 0.111. The average molecular weight is 513 g/mol. The molecule has 39 heavy (non-hydrogen) atoms. The molecule has 0 bridgehead atoms. The largest absolute Gasteiger partial charge is 0.472 e. The molecular formula is C29H20N8O2. The molecule has 0 fully saturated rings. The number of amides is 1. The zero-order valence-corrected chi connectivity index (χ0v) is 20.4. The van der Waals surface area contributed by atoms with Crippen molar-refractivity contribution >= 4 is 33.7 Å². The summed E-state index contributed by atoms with van der Waals surface area (Å²) in [6, 6.07) is 17.2. The van der Waals surface area contributed by atoms with Gasteiger partial charge in [-0.25, -0.2) is 9.97 Å². The van der Waals surface area contributed by atoms with Crippen LogP contribution in [0.2, 0.25) is 0 Å². The molecule has 7 rings (SSSR count). The van der Waals surface area contributed by atoms with Crippen LogP contribution in [0.1, 0.15) is 5.56 Å². The Balaban J connectivity index is 1.21. The van der Waals surface area contributed by atoms with Crippen molar-refractivity contribution in [3.05, 3.63) is 97.5 Å². The molecular weight excluding hydrogens is 492 g/mol. The van der Waals surface area contributed by atoms with Crippen LogP contribution in [0.15, 0.2) is 96.3 Å². The monoisotopic (exact) mass is 512 g/mol. The number of hydrogen-bond donors (Lipinski definition) is 3. The fourth-order valence-corrected chi connectivity index (χ4v) is 4.55. The van der Waals surface area contributed by atoms with Crippen molar-refractivity contribution in [3.8, 4) is 33.9 Å². The first-order valence-corrected chi connectivity index (χ1v) is 12.2. The van der Waals surface area contributed by atoms with Gasteiger partial charge in [-0.1, -0.05) is 30.3 Å². The van der Waals surface area contributed by atoms with E-state index in [1.807, 2.05) is 54.6 Å². The number of carbonyl (C=O) groups excluding carboxylic acids is 1. The highest BCUT2D eigenvalue weighted by molar-refractivity contribution is 5.96. The van der Waals surface area contributed by atoms with Crippen LogP contribution >= 0.6 is 0 Å². The summed E-state index contributed by atoms with van der Waals surface area (Å²) in [4.78, 5) is 34.1.